The summed E-state index contributed by atoms with van der Waals surface area (Å²) in [6, 6.07) is 8.47. The summed E-state index contributed by atoms with van der Waals surface area (Å²) in [5.74, 6) is 0.496. The molecule has 0 spiro atoms. The van der Waals surface area contributed by atoms with Crippen molar-refractivity contribution < 1.29 is 0 Å². The van der Waals surface area contributed by atoms with E-state index in [4.69, 9.17) is 0 Å². The van der Waals surface area contributed by atoms with Gasteiger partial charge in [-0.1, -0.05) is 38.6 Å². The highest BCUT2D eigenvalue weighted by Gasteiger charge is 2.10. The third-order valence-corrected chi connectivity index (χ3v) is 2.94. The van der Waals surface area contributed by atoms with Crippen molar-refractivity contribution in [2.24, 2.45) is 13.0 Å². The van der Waals surface area contributed by atoms with Crippen LogP contribution in [0.2, 0.25) is 0 Å². The van der Waals surface area contributed by atoms with E-state index >= 15 is 0 Å². The van der Waals surface area contributed by atoms with Gasteiger partial charge in [0.25, 0.3) is 0 Å². The summed E-state index contributed by atoms with van der Waals surface area (Å²) in [5.41, 5.74) is 3.77. The molecule has 1 heterocycles. The lowest BCUT2D eigenvalue weighted by molar-refractivity contribution is 0.856. The lowest BCUT2D eigenvalue weighted by Gasteiger charge is -2.07. The van der Waals surface area contributed by atoms with Crippen LogP contribution in [-0.2, 0) is 7.05 Å². The van der Waals surface area contributed by atoms with Crippen LogP contribution >= 0.6 is 0 Å². The smallest absolute Gasteiger partial charge is 0.0484 e. The van der Waals surface area contributed by atoms with Gasteiger partial charge < -0.3 is 4.57 Å². The maximum absolute atomic E-state index is 4.17. The van der Waals surface area contributed by atoms with Crippen molar-refractivity contribution in [2.75, 3.05) is 0 Å². The van der Waals surface area contributed by atoms with Crippen LogP contribution in [0, 0.1) is 5.92 Å². The number of aromatic nitrogens is 1. The Morgan fingerprint density at radius 2 is 1.93 bits per heavy atom. The Morgan fingerprint density at radius 3 is 2.60 bits per heavy atom. The van der Waals surface area contributed by atoms with E-state index in [1.807, 2.05) is 0 Å². The molecule has 1 aromatic heterocycles. The number of aryl methyl sites for hydroxylation is 1. The first-order valence-electron chi connectivity index (χ1n) is 5.34. The monoisotopic (exact) mass is 199 g/mol. The molecule has 1 heteroatoms. The summed E-state index contributed by atoms with van der Waals surface area (Å²) in [6.07, 6.45) is 2.17. The molecule has 0 fully saturated rings. The minimum atomic E-state index is 0.496. The predicted molar refractivity (Wildman–Crippen MR) is 66.8 cm³/mol. The first-order valence-corrected chi connectivity index (χ1v) is 5.34. The van der Waals surface area contributed by atoms with Gasteiger partial charge in [0.1, 0.15) is 0 Å². The number of rotatable bonds is 2. The molecule has 0 saturated carbocycles. The van der Waals surface area contributed by atoms with Gasteiger partial charge in [0.05, 0.1) is 0 Å². The van der Waals surface area contributed by atoms with E-state index in [1.54, 1.807) is 0 Å². The second kappa shape index (κ2) is 3.58. The Balaban J connectivity index is 2.67. The van der Waals surface area contributed by atoms with Crippen molar-refractivity contribution in [3.05, 3.63) is 42.6 Å². The van der Waals surface area contributed by atoms with E-state index in [2.05, 4.69) is 62.5 Å². The maximum Gasteiger partial charge on any atom is 0.0484 e. The van der Waals surface area contributed by atoms with Crippen molar-refractivity contribution in [1.29, 1.82) is 0 Å². The quantitative estimate of drug-likeness (QED) is 0.692. The highest BCUT2D eigenvalue weighted by atomic mass is 14.9. The summed E-state index contributed by atoms with van der Waals surface area (Å²) < 4.78 is 2.16. The zero-order valence-electron chi connectivity index (χ0n) is 9.62. The number of nitrogens with zero attached hydrogens (tertiary/aromatic N) is 1. The molecule has 15 heavy (non-hydrogen) atoms. The van der Waals surface area contributed by atoms with Gasteiger partial charge in [0.2, 0.25) is 0 Å². The van der Waals surface area contributed by atoms with Gasteiger partial charge in [-0.3, -0.25) is 0 Å². The van der Waals surface area contributed by atoms with Gasteiger partial charge in [-0.05, 0) is 17.6 Å². The molecule has 0 amide bonds. The fourth-order valence-electron chi connectivity index (χ4n) is 1.91. The van der Waals surface area contributed by atoms with Crippen LogP contribution < -0.4 is 0 Å². The van der Waals surface area contributed by atoms with Crippen molar-refractivity contribution in [1.82, 2.24) is 4.57 Å². The number of fused-ring (bicyclic) bond motifs is 1. The van der Waals surface area contributed by atoms with Crippen molar-refractivity contribution in [3.63, 3.8) is 0 Å². The average molecular weight is 199 g/mol. The maximum atomic E-state index is 4.17. The Bertz CT molecular complexity index is 503. The molecule has 1 aromatic carbocycles. The van der Waals surface area contributed by atoms with Crippen molar-refractivity contribution in [3.8, 4) is 0 Å². The van der Waals surface area contributed by atoms with E-state index in [1.165, 1.54) is 22.0 Å². The molecular formula is C14H17N. The summed E-state index contributed by atoms with van der Waals surface area (Å²) in [5, 5.41) is 1.30. The third kappa shape index (κ3) is 1.58. The zero-order chi connectivity index (χ0) is 11.0. The lowest BCUT2D eigenvalue weighted by atomic mass is 9.97. The SMILES string of the molecule is C=C(c1cn(C)c2ccccc12)C(C)C. The van der Waals surface area contributed by atoms with Gasteiger partial charge >= 0.3 is 0 Å². The van der Waals surface area contributed by atoms with Crippen LogP contribution in [0.15, 0.2) is 37.0 Å². The molecule has 2 aromatic rings. The average Bonchev–Trinajstić information content (AvgIpc) is 2.56. The normalized spacial score (nSPS) is 11.2. The van der Waals surface area contributed by atoms with Gasteiger partial charge in [-0.15, -0.1) is 0 Å². The van der Waals surface area contributed by atoms with E-state index in [0.29, 0.717) is 5.92 Å². The molecule has 0 unspecified atom stereocenters. The highest BCUT2D eigenvalue weighted by Crippen LogP contribution is 2.29. The number of hydrogen-bond acceptors (Lipinski definition) is 0. The molecule has 0 atom stereocenters. The van der Waals surface area contributed by atoms with Gasteiger partial charge in [-0.2, -0.15) is 0 Å². The number of benzene rings is 1. The Hall–Kier alpha value is -1.50. The molecule has 0 aliphatic carbocycles. The molecule has 0 N–H and O–H groups in total. The molecule has 0 aliphatic rings. The van der Waals surface area contributed by atoms with Crippen molar-refractivity contribution in [2.45, 2.75) is 13.8 Å². The molecule has 1 nitrogen and oxygen atoms in total. The van der Waals surface area contributed by atoms with Crippen LogP contribution in [0.4, 0.5) is 0 Å². The molecule has 0 aliphatic heterocycles. The molecule has 0 radical (unpaired) electrons. The number of hydrogen-bond donors (Lipinski definition) is 0. The topological polar surface area (TPSA) is 4.93 Å². The first kappa shape index (κ1) is 10.0. The van der Waals surface area contributed by atoms with Gasteiger partial charge in [-0.25, -0.2) is 0 Å². The molecular weight excluding hydrogens is 182 g/mol. The zero-order valence-corrected chi connectivity index (χ0v) is 9.62. The number of allylic oxidation sites excluding steroid dienone is 1. The molecule has 78 valence electrons. The Labute approximate surface area is 91.0 Å². The van der Waals surface area contributed by atoms with Crippen LogP contribution in [0.25, 0.3) is 16.5 Å². The minimum absolute atomic E-state index is 0.496. The van der Waals surface area contributed by atoms with Crippen LogP contribution in [0.5, 0.6) is 0 Å². The summed E-state index contributed by atoms with van der Waals surface area (Å²) >= 11 is 0. The number of para-hydroxylation sites is 1. The molecule has 0 saturated heterocycles. The highest BCUT2D eigenvalue weighted by molar-refractivity contribution is 5.92. The molecule has 2 rings (SSSR count). The Morgan fingerprint density at radius 1 is 1.27 bits per heavy atom. The van der Waals surface area contributed by atoms with E-state index in [9.17, 15) is 0 Å². The predicted octanol–water partition coefficient (Wildman–Crippen LogP) is 3.85. The third-order valence-electron chi connectivity index (χ3n) is 2.94. The van der Waals surface area contributed by atoms with Crippen molar-refractivity contribution >= 4 is 16.5 Å². The molecule has 0 bridgehead atoms. The van der Waals surface area contributed by atoms with E-state index < -0.39 is 0 Å². The fourth-order valence-corrected chi connectivity index (χ4v) is 1.91. The largest absolute Gasteiger partial charge is 0.350 e. The van der Waals surface area contributed by atoms with E-state index in [-0.39, 0.29) is 0 Å². The van der Waals surface area contributed by atoms with Gasteiger partial charge in [0, 0.05) is 29.7 Å². The second-order valence-corrected chi connectivity index (χ2v) is 4.35. The summed E-state index contributed by atoms with van der Waals surface area (Å²) in [4.78, 5) is 0. The van der Waals surface area contributed by atoms with E-state index in [0.717, 1.165) is 0 Å². The van der Waals surface area contributed by atoms with Crippen LogP contribution in [0.3, 0.4) is 0 Å². The second-order valence-electron chi connectivity index (χ2n) is 4.35. The Kier molecular flexibility index (Phi) is 2.39. The van der Waals surface area contributed by atoms with Crippen LogP contribution in [0.1, 0.15) is 19.4 Å². The summed E-state index contributed by atoms with van der Waals surface area (Å²) in [7, 11) is 2.08. The summed E-state index contributed by atoms with van der Waals surface area (Å²) in [6.45, 7) is 8.54. The standard InChI is InChI=1S/C14H17N/c1-10(2)11(3)13-9-15(4)14-8-6-5-7-12(13)14/h5-10H,3H2,1-2,4H3. The first-order chi connectivity index (χ1) is 7.11. The fraction of sp³-hybridized carbons (Fsp3) is 0.286. The van der Waals surface area contributed by atoms with Crippen LogP contribution in [-0.4, -0.2) is 4.57 Å². The minimum Gasteiger partial charge on any atom is -0.350 e. The lowest BCUT2D eigenvalue weighted by Crippen LogP contribution is -1.90. The van der Waals surface area contributed by atoms with Gasteiger partial charge in [0.15, 0.2) is 0 Å².